The van der Waals surface area contributed by atoms with Crippen LogP contribution in [0.3, 0.4) is 0 Å². The first-order valence-corrected chi connectivity index (χ1v) is 24.5. The molecular weight excluding hydrogens is 845 g/mol. The molecule has 70 heavy (non-hydrogen) atoms. The molecule has 0 aliphatic carbocycles. The Labute approximate surface area is 416 Å². The Bertz CT molecular complexity index is 3020. The minimum absolute atomic E-state index is 0.946. The van der Waals surface area contributed by atoms with Crippen molar-refractivity contribution in [2.75, 3.05) is 9.80 Å². The van der Waals surface area contributed by atoms with E-state index in [1.807, 2.05) is 12.1 Å². The second kappa shape index (κ2) is 22.6. The molecule has 2 nitrogen and oxygen atoms in total. The van der Waals surface area contributed by atoms with Crippen molar-refractivity contribution in [3.8, 4) is 0 Å². The summed E-state index contributed by atoms with van der Waals surface area (Å²) in [5.74, 6) is 0. The fraction of sp³-hybridized carbons (Fsp3) is 0.0882. The number of anilines is 6. The smallest absolute Gasteiger partial charge is 0.0522 e. The van der Waals surface area contributed by atoms with Crippen molar-refractivity contribution >= 4 is 82.7 Å². The Kier molecular flexibility index (Phi) is 15.0. The molecule has 0 bridgehead atoms. The summed E-state index contributed by atoms with van der Waals surface area (Å²) in [4.78, 5) is 4.82. The molecule has 9 aromatic rings. The van der Waals surface area contributed by atoms with Gasteiger partial charge < -0.3 is 9.80 Å². The van der Waals surface area contributed by atoms with Gasteiger partial charge in [0.1, 0.15) is 0 Å². The van der Waals surface area contributed by atoms with Crippen molar-refractivity contribution in [2.24, 2.45) is 0 Å². The summed E-state index contributed by atoms with van der Waals surface area (Å²) in [5.41, 5.74) is 21.5. The van der Waals surface area contributed by atoms with Gasteiger partial charge in [0.25, 0.3) is 0 Å². The van der Waals surface area contributed by atoms with Crippen LogP contribution in [-0.4, -0.2) is 0 Å². The van der Waals surface area contributed by atoms with Crippen LogP contribution in [0.25, 0.3) is 48.6 Å². The number of rotatable bonds is 16. The molecule has 9 aromatic carbocycles. The Balaban J connectivity index is 0.939. The fourth-order valence-electron chi connectivity index (χ4n) is 9.10. The maximum atomic E-state index is 2.41. The van der Waals surface area contributed by atoms with E-state index in [1.165, 1.54) is 55.9 Å². The number of nitrogens with zero attached hydrogens (tertiary/aromatic N) is 2. The third kappa shape index (κ3) is 11.3. The van der Waals surface area contributed by atoms with E-state index in [4.69, 9.17) is 0 Å². The summed E-state index contributed by atoms with van der Waals surface area (Å²) in [6.45, 7) is 8.90. The third-order valence-corrected chi connectivity index (χ3v) is 12.9. The van der Waals surface area contributed by atoms with Crippen LogP contribution in [0.1, 0.15) is 80.6 Å². The van der Waals surface area contributed by atoms with E-state index in [9.17, 15) is 0 Å². The summed E-state index contributed by atoms with van der Waals surface area (Å²) in [6.07, 6.45) is 19.5. The third-order valence-electron chi connectivity index (χ3n) is 12.9. The highest BCUT2D eigenvalue weighted by molar-refractivity contribution is 5.85. The van der Waals surface area contributed by atoms with Crippen LogP contribution in [0.4, 0.5) is 34.1 Å². The van der Waals surface area contributed by atoms with E-state index >= 15 is 0 Å². The van der Waals surface area contributed by atoms with E-state index in [2.05, 4.69) is 292 Å². The quantitative estimate of drug-likeness (QED) is 0.0892. The molecule has 0 aromatic heterocycles. The average Bonchev–Trinajstić information content (AvgIpc) is 3.41. The van der Waals surface area contributed by atoms with E-state index in [0.29, 0.717) is 0 Å². The molecule has 0 heterocycles. The molecule has 0 atom stereocenters. The van der Waals surface area contributed by atoms with Crippen LogP contribution in [0.5, 0.6) is 0 Å². The van der Waals surface area contributed by atoms with Gasteiger partial charge in [-0.3, -0.25) is 0 Å². The predicted octanol–water partition coefficient (Wildman–Crippen LogP) is 19.0. The molecule has 0 amide bonds. The average molecular weight is 905 g/mol. The molecule has 0 unspecified atom stereocenters. The first-order valence-electron chi connectivity index (χ1n) is 24.5. The number of aryl methyl sites for hydroxylation is 4. The molecule has 0 saturated carbocycles. The summed E-state index contributed by atoms with van der Waals surface area (Å²) >= 11 is 0. The Morgan fingerprint density at radius 1 is 0.271 bits per heavy atom. The lowest BCUT2D eigenvalue weighted by Crippen LogP contribution is -2.13. The van der Waals surface area contributed by atoms with Gasteiger partial charge in [-0.15, -0.1) is 0 Å². The fourth-order valence-corrected chi connectivity index (χ4v) is 9.10. The zero-order chi connectivity index (χ0) is 48.1. The molecule has 0 aliphatic heterocycles. The van der Waals surface area contributed by atoms with E-state index in [-0.39, 0.29) is 0 Å². The lowest BCUT2D eigenvalue weighted by molar-refractivity contribution is 1.10. The van der Waals surface area contributed by atoms with Crippen LogP contribution in [0.15, 0.2) is 218 Å². The first-order chi connectivity index (χ1) is 34.4. The molecule has 342 valence electrons. The Morgan fingerprint density at radius 2 is 0.543 bits per heavy atom. The van der Waals surface area contributed by atoms with Crippen LogP contribution in [0, 0.1) is 13.8 Å². The predicted molar refractivity (Wildman–Crippen MR) is 306 cm³/mol. The maximum absolute atomic E-state index is 2.41. The first kappa shape index (κ1) is 46.6. The second-order valence-corrected chi connectivity index (χ2v) is 17.7. The van der Waals surface area contributed by atoms with Gasteiger partial charge in [-0.2, -0.15) is 0 Å². The van der Waals surface area contributed by atoms with Gasteiger partial charge in [-0.1, -0.05) is 232 Å². The Morgan fingerprint density at radius 3 is 0.843 bits per heavy atom. The minimum Gasteiger partial charge on any atom is -0.310 e. The van der Waals surface area contributed by atoms with E-state index in [1.54, 1.807) is 0 Å². The molecule has 0 radical (unpaired) electrons. The molecule has 0 fully saturated rings. The van der Waals surface area contributed by atoms with Crippen molar-refractivity contribution in [3.05, 3.63) is 285 Å². The summed E-state index contributed by atoms with van der Waals surface area (Å²) in [6, 6.07) is 78.4. The van der Waals surface area contributed by atoms with Crippen LogP contribution in [-0.2, 0) is 12.8 Å². The van der Waals surface area contributed by atoms with Gasteiger partial charge in [-0.25, -0.2) is 0 Å². The van der Waals surface area contributed by atoms with Gasteiger partial charge in [0.2, 0.25) is 0 Å². The van der Waals surface area contributed by atoms with Crippen LogP contribution >= 0.6 is 0 Å². The molecule has 0 aliphatic rings. The second-order valence-electron chi connectivity index (χ2n) is 17.7. The molecule has 9 rings (SSSR count). The van der Waals surface area contributed by atoms with Gasteiger partial charge in [0.15, 0.2) is 0 Å². The summed E-state index contributed by atoms with van der Waals surface area (Å²) in [7, 11) is 0. The standard InChI is InChI=1S/C68H60N2/c1-5-59-25-15-17-51(3)67(59)69(63-43-33-55(34-44-63)29-27-53-19-9-7-10-20-53)65-47-37-57(38-48-65)31-41-61-23-13-14-24-62(61)42-32-58-39-49-66(50-40-58)70(68-52(4)18-16-26-60(68)6-2)64-45-35-56(36-46-64)30-28-54-21-11-8-12-22-54/h7-50H,5-6H2,1-4H3. The van der Waals surface area contributed by atoms with Crippen molar-refractivity contribution in [1.29, 1.82) is 0 Å². The van der Waals surface area contributed by atoms with E-state index in [0.717, 1.165) is 57.8 Å². The van der Waals surface area contributed by atoms with Crippen molar-refractivity contribution in [2.45, 2.75) is 40.5 Å². The highest BCUT2D eigenvalue weighted by Crippen LogP contribution is 2.41. The SMILES string of the molecule is CCc1cccc(C)c1N(c1ccc(C=Cc2ccccc2)cc1)c1ccc(C=Cc2ccccc2C=Cc2ccc(N(c3ccc(C=Cc4ccccc4)cc3)c3c(C)cccc3CC)cc2)cc1. The molecule has 0 spiro atoms. The van der Waals surface area contributed by atoms with Gasteiger partial charge in [0, 0.05) is 22.7 Å². The molecule has 0 saturated heterocycles. The monoisotopic (exact) mass is 904 g/mol. The lowest BCUT2D eigenvalue weighted by atomic mass is 10.0. The topological polar surface area (TPSA) is 6.48 Å². The summed E-state index contributed by atoms with van der Waals surface area (Å²) < 4.78 is 0. The highest BCUT2D eigenvalue weighted by atomic mass is 15.2. The largest absolute Gasteiger partial charge is 0.310 e. The minimum atomic E-state index is 0.946. The molecule has 2 heteroatoms. The van der Waals surface area contributed by atoms with Gasteiger partial charge >= 0.3 is 0 Å². The van der Waals surface area contributed by atoms with Crippen molar-refractivity contribution in [3.63, 3.8) is 0 Å². The number of hydrogen-bond donors (Lipinski definition) is 0. The number of para-hydroxylation sites is 2. The van der Waals surface area contributed by atoms with Crippen LogP contribution in [0.2, 0.25) is 0 Å². The number of hydrogen-bond acceptors (Lipinski definition) is 2. The highest BCUT2D eigenvalue weighted by Gasteiger charge is 2.19. The Hall–Kier alpha value is -8.46. The molecular formula is C68H60N2. The summed E-state index contributed by atoms with van der Waals surface area (Å²) in [5, 5.41) is 0. The lowest BCUT2D eigenvalue weighted by Gasteiger charge is -2.29. The zero-order valence-corrected chi connectivity index (χ0v) is 40.7. The maximum Gasteiger partial charge on any atom is 0.0522 e. The van der Waals surface area contributed by atoms with Crippen molar-refractivity contribution in [1.82, 2.24) is 0 Å². The van der Waals surface area contributed by atoms with Gasteiger partial charge in [-0.05, 0) is 142 Å². The zero-order valence-electron chi connectivity index (χ0n) is 40.7. The number of benzene rings is 9. The van der Waals surface area contributed by atoms with Crippen molar-refractivity contribution < 1.29 is 0 Å². The van der Waals surface area contributed by atoms with E-state index < -0.39 is 0 Å². The van der Waals surface area contributed by atoms with Crippen LogP contribution < -0.4 is 9.80 Å². The molecule has 0 N–H and O–H groups in total. The van der Waals surface area contributed by atoms with Gasteiger partial charge in [0.05, 0.1) is 11.4 Å². The normalized spacial score (nSPS) is 11.6.